The highest BCUT2D eigenvalue weighted by atomic mass is 16.6. The van der Waals surface area contributed by atoms with Crippen LogP contribution in [0.2, 0.25) is 0 Å². The standard InChI is InChI=1S/C20H25NO5/c1-12-13(8-5-6-11-21-19(25)26-20(2,3)4)18(24)16-14(17(12)23)9-7-10-15(16)22/h5,7-10,22-24H,6,11H2,1-4H3,(H,21,25)/b8-5+. The van der Waals surface area contributed by atoms with Crippen LogP contribution < -0.4 is 5.32 Å². The Morgan fingerprint density at radius 2 is 1.88 bits per heavy atom. The Kier molecular flexibility index (Phi) is 5.65. The molecule has 0 heterocycles. The number of carbonyl (C=O) groups excluding carboxylic acids is 1. The van der Waals surface area contributed by atoms with Crippen molar-refractivity contribution in [3.05, 3.63) is 35.4 Å². The Morgan fingerprint density at radius 3 is 2.54 bits per heavy atom. The summed E-state index contributed by atoms with van der Waals surface area (Å²) < 4.78 is 5.14. The number of nitrogens with one attached hydrogen (secondary N) is 1. The van der Waals surface area contributed by atoms with Crippen molar-refractivity contribution in [1.29, 1.82) is 0 Å². The topological polar surface area (TPSA) is 99.0 Å². The van der Waals surface area contributed by atoms with Gasteiger partial charge in [0.05, 0.1) is 5.39 Å². The number of hydrogen-bond donors (Lipinski definition) is 4. The van der Waals surface area contributed by atoms with E-state index in [1.165, 1.54) is 6.07 Å². The smallest absolute Gasteiger partial charge is 0.407 e. The number of rotatable bonds is 4. The molecule has 6 nitrogen and oxygen atoms in total. The molecule has 0 bridgehead atoms. The molecule has 4 N–H and O–H groups in total. The average molecular weight is 359 g/mol. The molecule has 0 saturated heterocycles. The molecule has 26 heavy (non-hydrogen) atoms. The molecular weight excluding hydrogens is 334 g/mol. The van der Waals surface area contributed by atoms with Crippen LogP contribution in [0.25, 0.3) is 16.8 Å². The molecule has 1 amide bonds. The zero-order valence-electron chi connectivity index (χ0n) is 15.5. The van der Waals surface area contributed by atoms with E-state index < -0.39 is 11.7 Å². The van der Waals surface area contributed by atoms with E-state index >= 15 is 0 Å². The van der Waals surface area contributed by atoms with Gasteiger partial charge in [0.1, 0.15) is 22.8 Å². The monoisotopic (exact) mass is 359 g/mol. The third-order valence-electron chi connectivity index (χ3n) is 3.81. The number of aromatic hydroxyl groups is 3. The van der Waals surface area contributed by atoms with Crippen molar-refractivity contribution in [1.82, 2.24) is 5.32 Å². The highest BCUT2D eigenvalue weighted by Gasteiger charge is 2.17. The third kappa shape index (κ3) is 4.39. The first kappa shape index (κ1) is 19.4. The quantitative estimate of drug-likeness (QED) is 0.484. The van der Waals surface area contributed by atoms with Gasteiger partial charge < -0.3 is 25.4 Å². The van der Waals surface area contributed by atoms with Gasteiger partial charge in [0.2, 0.25) is 0 Å². The Bertz CT molecular complexity index is 850. The molecule has 0 saturated carbocycles. The second-order valence-corrected chi connectivity index (χ2v) is 7.06. The van der Waals surface area contributed by atoms with Gasteiger partial charge >= 0.3 is 6.09 Å². The summed E-state index contributed by atoms with van der Waals surface area (Å²) in [6.07, 6.45) is 3.45. The lowest BCUT2D eigenvalue weighted by Crippen LogP contribution is -2.32. The van der Waals surface area contributed by atoms with Gasteiger partial charge in [0.15, 0.2) is 0 Å². The first-order valence-electron chi connectivity index (χ1n) is 8.41. The van der Waals surface area contributed by atoms with Gasteiger partial charge in [0.25, 0.3) is 0 Å². The number of ether oxygens (including phenoxy) is 1. The van der Waals surface area contributed by atoms with E-state index in [9.17, 15) is 20.1 Å². The second-order valence-electron chi connectivity index (χ2n) is 7.06. The molecule has 2 aromatic rings. The van der Waals surface area contributed by atoms with Crippen molar-refractivity contribution in [3.63, 3.8) is 0 Å². The van der Waals surface area contributed by atoms with Crippen molar-refractivity contribution in [3.8, 4) is 17.2 Å². The van der Waals surface area contributed by atoms with E-state index in [0.29, 0.717) is 29.5 Å². The molecule has 0 atom stereocenters. The number of phenolic OH excluding ortho intramolecular Hbond substituents is 3. The zero-order chi connectivity index (χ0) is 19.5. The summed E-state index contributed by atoms with van der Waals surface area (Å²) in [4.78, 5) is 11.6. The van der Waals surface area contributed by atoms with E-state index in [1.54, 1.807) is 52.0 Å². The summed E-state index contributed by atoms with van der Waals surface area (Å²) >= 11 is 0. The van der Waals surface area contributed by atoms with Gasteiger partial charge in [-0.2, -0.15) is 0 Å². The number of carbonyl (C=O) groups is 1. The molecular formula is C20H25NO5. The van der Waals surface area contributed by atoms with Gasteiger partial charge in [-0.3, -0.25) is 0 Å². The maximum Gasteiger partial charge on any atom is 0.407 e. The molecule has 2 rings (SSSR count). The average Bonchev–Trinajstić information content (AvgIpc) is 2.53. The van der Waals surface area contributed by atoms with Crippen molar-refractivity contribution < 1.29 is 24.9 Å². The largest absolute Gasteiger partial charge is 0.507 e. The maximum absolute atomic E-state index is 11.6. The summed E-state index contributed by atoms with van der Waals surface area (Å²) in [5.41, 5.74) is 0.388. The Labute approximate surface area is 152 Å². The van der Waals surface area contributed by atoms with E-state index in [0.717, 1.165) is 0 Å². The van der Waals surface area contributed by atoms with Gasteiger partial charge in [-0.1, -0.05) is 24.3 Å². The van der Waals surface area contributed by atoms with Gasteiger partial charge in [0, 0.05) is 23.1 Å². The summed E-state index contributed by atoms with van der Waals surface area (Å²) in [5, 5.41) is 34.1. The van der Waals surface area contributed by atoms with Crippen LogP contribution in [0, 0.1) is 6.92 Å². The fourth-order valence-electron chi connectivity index (χ4n) is 2.61. The number of benzene rings is 2. The fourth-order valence-corrected chi connectivity index (χ4v) is 2.61. The summed E-state index contributed by atoms with van der Waals surface area (Å²) in [5.74, 6) is -0.179. The maximum atomic E-state index is 11.6. The molecule has 0 aromatic heterocycles. The van der Waals surface area contributed by atoms with E-state index in [4.69, 9.17) is 4.74 Å². The fraction of sp³-hybridized carbons (Fsp3) is 0.350. The molecule has 0 aliphatic rings. The predicted molar refractivity (Wildman–Crippen MR) is 102 cm³/mol. The van der Waals surface area contributed by atoms with Crippen LogP contribution in [0.1, 0.15) is 38.3 Å². The SMILES string of the molecule is Cc1c(/C=C/CCNC(=O)OC(C)(C)C)c(O)c2c(O)cccc2c1O. The van der Waals surface area contributed by atoms with Crippen LogP contribution in [0.5, 0.6) is 17.2 Å². The van der Waals surface area contributed by atoms with Crippen molar-refractivity contribution in [2.45, 2.75) is 39.7 Å². The minimum absolute atomic E-state index is 0.0141. The molecule has 0 fully saturated rings. The van der Waals surface area contributed by atoms with Crippen LogP contribution in [-0.4, -0.2) is 33.6 Å². The lowest BCUT2D eigenvalue weighted by molar-refractivity contribution is 0.0529. The van der Waals surface area contributed by atoms with Crippen LogP contribution in [0.15, 0.2) is 24.3 Å². The minimum Gasteiger partial charge on any atom is -0.507 e. The number of fused-ring (bicyclic) bond motifs is 1. The molecule has 0 radical (unpaired) electrons. The number of hydrogen-bond acceptors (Lipinski definition) is 5. The van der Waals surface area contributed by atoms with Crippen LogP contribution in [0.4, 0.5) is 4.79 Å². The predicted octanol–water partition coefficient (Wildman–Crippen LogP) is 4.19. The van der Waals surface area contributed by atoms with Crippen LogP contribution in [-0.2, 0) is 4.74 Å². The van der Waals surface area contributed by atoms with E-state index in [2.05, 4.69) is 5.32 Å². The molecule has 0 aliphatic heterocycles. The van der Waals surface area contributed by atoms with E-state index in [-0.39, 0.29) is 22.6 Å². The summed E-state index contributed by atoms with van der Waals surface area (Å²) in [7, 11) is 0. The summed E-state index contributed by atoms with van der Waals surface area (Å²) in [6.45, 7) is 7.44. The summed E-state index contributed by atoms with van der Waals surface area (Å²) in [6, 6.07) is 4.69. The van der Waals surface area contributed by atoms with Crippen molar-refractivity contribution in [2.24, 2.45) is 0 Å². The zero-order valence-corrected chi connectivity index (χ0v) is 15.5. The second kappa shape index (κ2) is 7.56. The highest BCUT2D eigenvalue weighted by Crippen LogP contribution is 2.43. The van der Waals surface area contributed by atoms with Crippen LogP contribution >= 0.6 is 0 Å². The van der Waals surface area contributed by atoms with Crippen LogP contribution in [0.3, 0.4) is 0 Å². The van der Waals surface area contributed by atoms with Crippen molar-refractivity contribution in [2.75, 3.05) is 6.54 Å². The third-order valence-corrected chi connectivity index (χ3v) is 3.81. The Balaban J connectivity index is 2.12. The van der Waals surface area contributed by atoms with Crippen molar-refractivity contribution >= 4 is 22.9 Å². The highest BCUT2D eigenvalue weighted by molar-refractivity contribution is 6.01. The first-order valence-corrected chi connectivity index (χ1v) is 8.41. The molecule has 2 aromatic carbocycles. The lowest BCUT2D eigenvalue weighted by Gasteiger charge is -2.19. The van der Waals surface area contributed by atoms with Gasteiger partial charge in [-0.25, -0.2) is 4.79 Å². The first-order chi connectivity index (χ1) is 12.1. The molecule has 6 heteroatoms. The normalized spacial score (nSPS) is 11.8. The van der Waals surface area contributed by atoms with Gasteiger partial charge in [-0.15, -0.1) is 0 Å². The van der Waals surface area contributed by atoms with E-state index in [1.807, 2.05) is 0 Å². The molecule has 0 unspecified atom stereocenters. The minimum atomic E-state index is -0.548. The molecule has 0 spiro atoms. The Hall–Kier alpha value is -2.89. The molecule has 0 aliphatic carbocycles. The Morgan fingerprint density at radius 1 is 1.19 bits per heavy atom. The number of alkyl carbamates (subject to hydrolysis) is 1. The molecule has 140 valence electrons. The number of amides is 1. The lowest BCUT2D eigenvalue weighted by atomic mass is 9.97. The number of phenols is 3. The van der Waals surface area contributed by atoms with Gasteiger partial charge in [-0.05, 0) is 40.2 Å².